The topological polar surface area (TPSA) is 75.6 Å². The van der Waals surface area contributed by atoms with Crippen LogP contribution in [0.4, 0.5) is 5.69 Å². The van der Waals surface area contributed by atoms with Gasteiger partial charge in [-0.2, -0.15) is 0 Å². The summed E-state index contributed by atoms with van der Waals surface area (Å²) in [6.07, 6.45) is 3.04. The molecule has 0 aliphatic carbocycles. The Balaban J connectivity index is 1.80. The molecule has 5 nitrogen and oxygen atoms in total. The lowest BCUT2D eigenvalue weighted by Gasteiger charge is -2.17. The van der Waals surface area contributed by atoms with Crippen LogP contribution in [-0.2, 0) is 4.79 Å². The van der Waals surface area contributed by atoms with Gasteiger partial charge in [-0.05, 0) is 42.0 Å². The van der Waals surface area contributed by atoms with E-state index in [4.69, 9.17) is 4.74 Å². The van der Waals surface area contributed by atoms with Crippen LogP contribution in [0.1, 0.15) is 15.9 Å². The van der Waals surface area contributed by atoms with Crippen molar-refractivity contribution in [3.05, 3.63) is 59.7 Å². The van der Waals surface area contributed by atoms with E-state index < -0.39 is 0 Å². The summed E-state index contributed by atoms with van der Waals surface area (Å²) in [5.74, 6) is 0.245. The third-order valence-electron chi connectivity index (χ3n) is 3.19. The fourth-order valence-electron chi connectivity index (χ4n) is 2.13. The monoisotopic (exact) mass is 295 g/mol. The molecular weight excluding hydrogens is 282 g/mol. The molecule has 1 aliphatic rings. The van der Waals surface area contributed by atoms with Crippen molar-refractivity contribution < 1.29 is 19.4 Å². The van der Waals surface area contributed by atoms with Gasteiger partial charge in [-0.25, -0.2) is 0 Å². The van der Waals surface area contributed by atoms with Crippen LogP contribution in [0.3, 0.4) is 0 Å². The molecule has 1 amide bonds. The van der Waals surface area contributed by atoms with Gasteiger partial charge in [0.15, 0.2) is 12.4 Å². The molecule has 0 bridgehead atoms. The quantitative estimate of drug-likeness (QED) is 0.674. The Morgan fingerprint density at radius 1 is 1.23 bits per heavy atom. The Morgan fingerprint density at radius 3 is 2.91 bits per heavy atom. The second kappa shape index (κ2) is 5.73. The number of allylic oxidation sites excluding steroid dienone is 1. The number of hydrogen-bond acceptors (Lipinski definition) is 4. The van der Waals surface area contributed by atoms with Crippen molar-refractivity contribution in [1.29, 1.82) is 0 Å². The highest BCUT2D eigenvalue weighted by Gasteiger charge is 2.17. The molecule has 5 heteroatoms. The van der Waals surface area contributed by atoms with E-state index in [0.717, 1.165) is 5.56 Å². The Kier molecular flexibility index (Phi) is 3.62. The molecule has 3 rings (SSSR count). The minimum absolute atomic E-state index is 0.0162. The zero-order valence-corrected chi connectivity index (χ0v) is 11.6. The maximum absolute atomic E-state index is 12.2. The summed E-state index contributed by atoms with van der Waals surface area (Å²) in [6, 6.07) is 11.5. The summed E-state index contributed by atoms with van der Waals surface area (Å²) < 4.78 is 5.24. The predicted octanol–water partition coefficient (Wildman–Crippen LogP) is 2.62. The summed E-state index contributed by atoms with van der Waals surface area (Å²) in [5, 5.41) is 12.0. The number of ketones is 1. The zero-order chi connectivity index (χ0) is 15.5. The Morgan fingerprint density at radius 2 is 2.09 bits per heavy atom. The van der Waals surface area contributed by atoms with Crippen molar-refractivity contribution in [2.24, 2.45) is 0 Å². The minimum Gasteiger partial charge on any atom is -0.508 e. The number of benzene rings is 2. The van der Waals surface area contributed by atoms with E-state index in [1.807, 2.05) is 0 Å². The van der Waals surface area contributed by atoms with Gasteiger partial charge in [0.2, 0.25) is 0 Å². The Bertz CT molecular complexity index is 780. The Hall–Kier alpha value is -3.08. The number of anilines is 1. The number of amides is 1. The molecule has 0 atom stereocenters. The number of rotatable bonds is 3. The van der Waals surface area contributed by atoms with Crippen LogP contribution in [-0.4, -0.2) is 23.4 Å². The van der Waals surface area contributed by atoms with Crippen molar-refractivity contribution in [2.45, 2.75) is 0 Å². The van der Waals surface area contributed by atoms with Crippen LogP contribution in [0, 0.1) is 0 Å². The van der Waals surface area contributed by atoms with E-state index >= 15 is 0 Å². The molecule has 0 saturated heterocycles. The number of phenolic OH excluding ortho intramolecular Hbond substituents is 1. The second-order valence-electron chi connectivity index (χ2n) is 4.84. The van der Waals surface area contributed by atoms with Crippen molar-refractivity contribution in [2.75, 3.05) is 11.9 Å². The van der Waals surface area contributed by atoms with Gasteiger partial charge in [0.1, 0.15) is 11.5 Å². The molecule has 0 unspecified atom stereocenters. The van der Waals surface area contributed by atoms with Gasteiger partial charge in [0.05, 0.1) is 5.69 Å². The molecule has 0 fully saturated rings. The van der Waals surface area contributed by atoms with E-state index in [9.17, 15) is 14.7 Å². The summed E-state index contributed by atoms with van der Waals surface area (Å²) in [4.78, 5) is 23.5. The third kappa shape index (κ3) is 2.98. The molecule has 110 valence electrons. The second-order valence-corrected chi connectivity index (χ2v) is 4.84. The molecule has 1 aliphatic heterocycles. The van der Waals surface area contributed by atoms with Crippen molar-refractivity contribution in [3.63, 3.8) is 0 Å². The molecule has 1 heterocycles. The lowest BCUT2D eigenvalue weighted by atomic mass is 10.1. The van der Waals surface area contributed by atoms with Gasteiger partial charge in [0, 0.05) is 5.56 Å². The van der Waals surface area contributed by atoms with Crippen LogP contribution < -0.4 is 10.1 Å². The van der Waals surface area contributed by atoms with E-state index in [-0.39, 0.29) is 24.0 Å². The third-order valence-corrected chi connectivity index (χ3v) is 3.19. The van der Waals surface area contributed by atoms with Crippen LogP contribution in [0.5, 0.6) is 11.5 Å². The van der Waals surface area contributed by atoms with Gasteiger partial charge in [-0.15, -0.1) is 0 Å². The number of hydrogen-bond donors (Lipinski definition) is 2. The summed E-state index contributed by atoms with van der Waals surface area (Å²) >= 11 is 0. The summed E-state index contributed by atoms with van der Waals surface area (Å²) in [6.45, 7) is -0.0162. The van der Waals surface area contributed by atoms with Gasteiger partial charge in [-0.3, -0.25) is 9.59 Å². The number of carbonyl (C=O) groups is 2. The molecule has 0 spiro atoms. The van der Waals surface area contributed by atoms with Crippen LogP contribution in [0.15, 0.2) is 48.5 Å². The van der Waals surface area contributed by atoms with Crippen LogP contribution in [0.2, 0.25) is 0 Å². The number of nitrogens with one attached hydrogen (secondary N) is 1. The standard InChI is InChI=1S/C17H13NO4/c19-13-3-1-2-11(8-13)4-6-15(20)12-5-7-16-14(9-12)18-17(21)10-22-16/h1-9,19H,10H2,(H,18,21)/b6-4+. The smallest absolute Gasteiger partial charge is 0.262 e. The molecule has 2 N–H and O–H groups in total. The van der Waals surface area contributed by atoms with Gasteiger partial charge < -0.3 is 15.2 Å². The van der Waals surface area contributed by atoms with Crippen molar-refractivity contribution >= 4 is 23.5 Å². The average molecular weight is 295 g/mol. The highest BCUT2D eigenvalue weighted by atomic mass is 16.5. The normalized spacial score (nSPS) is 13.4. The number of carbonyl (C=O) groups excluding carboxylic acids is 2. The number of phenols is 1. The van der Waals surface area contributed by atoms with E-state index in [1.165, 1.54) is 6.08 Å². The van der Waals surface area contributed by atoms with E-state index in [2.05, 4.69) is 5.32 Å². The van der Waals surface area contributed by atoms with E-state index in [0.29, 0.717) is 17.0 Å². The molecule has 0 aromatic heterocycles. The molecule has 0 radical (unpaired) electrons. The van der Waals surface area contributed by atoms with E-state index in [1.54, 1.807) is 48.5 Å². The molecular formula is C17H13NO4. The number of aromatic hydroxyl groups is 1. The lowest BCUT2D eigenvalue weighted by molar-refractivity contribution is -0.118. The number of fused-ring (bicyclic) bond motifs is 1. The number of ether oxygens (including phenoxy) is 1. The first kappa shape index (κ1) is 13.9. The minimum atomic E-state index is -0.243. The first-order valence-electron chi connectivity index (χ1n) is 6.70. The summed E-state index contributed by atoms with van der Waals surface area (Å²) in [7, 11) is 0. The van der Waals surface area contributed by atoms with Gasteiger partial charge in [-0.1, -0.05) is 18.2 Å². The lowest BCUT2D eigenvalue weighted by Crippen LogP contribution is -2.25. The Labute approximate surface area is 126 Å². The maximum Gasteiger partial charge on any atom is 0.262 e. The first-order chi connectivity index (χ1) is 10.6. The SMILES string of the molecule is O=C1COc2ccc(C(=O)/C=C/c3cccc(O)c3)cc2N1. The molecule has 0 saturated carbocycles. The molecule has 22 heavy (non-hydrogen) atoms. The highest BCUT2D eigenvalue weighted by molar-refractivity contribution is 6.08. The molecule has 2 aromatic carbocycles. The zero-order valence-electron chi connectivity index (χ0n) is 11.6. The predicted molar refractivity (Wildman–Crippen MR) is 82.0 cm³/mol. The largest absolute Gasteiger partial charge is 0.508 e. The molecule has 2 aromatic rings. The van der Waals surface area contributed by atoms with Gasteiger partial charge in [0.25, 0.3) is 5.91 Å². The summed E-state index contributed by atoms with van der Waals surface area (Å²) in [5.41, 5.74) is 1.66. The average Bonchev–Trinajstić information content (AvgIpc) is 2.52. The fourth-order valence-corrected chi connectivity index (χ4v) is 2.13. The van der Waals surface area contributed by atoms with Crippen LogP contribution in [0.25, 0.3) is 6.08 Å². The fraction of sp³-hybridized carbons (Fsp3) is 0.0588. The maximum atomic E-state index is 12.2. The van der Waals surface area contributed by atoms with Gasteiger partial charge >= 0.3 is 0 Å². The van der Waals surface area contributed by atoms with Crippen LogP contribution >= 0.6 is 0 Å². The van der Waals surface area contributed by atoms with Crippen molar-refractivity contribution in [1.82, 2.24) is 0 Å². The first-order valence-corrected chi connectivity index (χ1v) is 6.70. The highest BCUT2D eigenvalue weighted by Crippen LogP contribution is 2.28. The van der Waals surface area contributed by atoms with Crippen molar-refractivity contribution in [3.8, 4) is 11.5 Å².